The monoisotopic (exact) mass is 666 g/mol. The smallest absolute Gasteiger partial charge is 0.416 e. The molecule has 4 aromatic rings. The zero-order valence-electron chi connectivity index (χ0n) is 26.3. The lowest BCUT2D eigenvalue weighted by atomic mass is 10.1. The Morgan fingerprint density at radius 3 is 2.45 bits per heavy atom. The number of amides is 2. The fourth-order valence-corrected chi connectivity index (χ4v) is 6.72. The lowest BCUT2D eigenvalue weighted by molar-refractivity contribution is -0.142. The van der Waals surface area contributed by atoms with Crippen molar-refractivity contribution in [2.75, 3.05) is 32.5 Å². The number of nitrogens with zero attached hydrogens (tertiary/aromatic N) is 4. The van der Waals surface area contributed by atoms with Crippen molar-refractivity contribution >= 4 is 34.5 Å². The van der Waals surface area contributed by atoms with Gasteiger partial charge < -0.3 is 14.5 Å². The van der Waals surface area contributed by atoms with Gasteiger partial charge in [0.15, 0.2) is 5.16 Å². The average molecular weight is 667 g/mol. The van der Waals surface area contributed by atoms with Crippen LogP contribution in [0.4, 0.5) is 13.2 Å². The largest absolute Gasteiger partial charge is 0.497 e. The van der Waals surface area contributed by atoms with Gasteiger partial charge in [0.2, 0.25) is 11.8 Å². The van der Waals surface area contributed by atoms with Crippen molar-refractivity contribution in [2.45, 2.75) is 56.4 Å². The van der Waals surface area contributed by atoms with Gasteiger partial charge in [-0.15, -0.1) is 0 Å². The maximum absolute atomic E-state index is 13.4. The number of thioether (sulfide) groups is 1. The molecule has 1 saturated heterocycles. The first-order chi connectivity index (χ1) is 22.5. The Morgan fingerprint density at radius 1 is 0.957 bits per heavy atom. The van der Waals surface area contributed by atoms with Crippen LogP contribution in [0.15, 0.2) is 82.7 Å². The van der Waals surface area contributed by atoms with E-state index in [0.29, 0.717) is 60.7 Å². The van der Waals surface area contributed by atoms with Crippen molar-refractivity contribution in [1.82, 2.24) is 19.4 Å². The van der Waals surface area contributed by atoms with Gasteiger partial charge in [0.05, 0.1) is 35.7 Å². The van der Waals surface area contributed by atoms with Crippen molar-refractivity contribution in [3.8, 4) is 11.4 Å². The van der Waals surface area contributed by atoms with E-state index in [1.165, 1.54) is 28.5 Å². The van der Waals surface area contributed by atoms with E-state index in [1.807, 2.05) is 41.0 Å². The Bertz CT molecular complexity index is 1780. The van der Waals surface area contributed by atoms with Gasteiger partial charge in [-0.2, -0.15) is 13.2 Å². The van der Waals surface area contributed by atoms with E-state index in [9.17, 15) is 27.6 Å². The zero-order valence-corrected chi connectivity index (χ0v) is 27.2. The van der Waals surface area contributed by atoms with Crippen LogP contribution in [0.5, 0.6) is 5.75 Å². The number of fused-ring (bicyclic) bond motifs is 1. The minimum atomic E-state index is -4.55. The molecule has 2 amide bonds. The molecule has 0 N–H and O–H groups in total. The van der Waals surface area contributed by atoms with Crippen LogP contribution >= 0.6 is 11.8 Å². The number of methoxy groups -OCH3 is 1. The molecule has 0 radical (unpaired) electrons. The molecule has 0 bridgehead atoms. The molecular formula is C35H37F3N4O4S. The van der Waals surface area contributed by atoms with Crippen LogP contribution in [0, 0.1) is 0 Å². The minimum Gasteiger partial charge on any atom is -0.497 e. The molecule has 2 heterocycles. The standard InChI is InChI=1S/C35H37F3N4O4S/c1-24-23-40(18-19-41(24)32(44)21-25-14-16-28(46-2)17-15-25)31(43)13-4-3-7-20-47-34-39-30-12-6-5-11-29(30)33(45)42(34)27-10-8-9-26(22-27)35(36,37)38/h5-6,8-12,14-17,22,24H,3-4,7,13,18-21,23H2,1-2H3. The summed E-state index contributed by atoms with van der Waals surface area (Å²) in [5.41, 5.74) is 0.222. The highest BCUT2D eigenvalue weighted by molar-refractivity contribution is 7.99. The molecule has 1 aliphatic rings. The summed E-state index contributed by atoms with van der Waals surface area (Å²) in [7, 11) is 1.60. The van der Waals surface area contributed by atoms with Crippen LogP contribution in [0.3, 0.4) is 0 Å². The number of piperazine rings is 1. The predicted octanol–water partition coefficient (Wildman–Crippen LogP) is 6.37. The molecule has 1 aliphatic heterocycles. The Balaban J connectivity index is 1.12. The van der Waals surface area contributed by atoms with Crippen molar-refractivity contribution < 1.29 is 27.5 Å². The zero-order chi connectivity index (χ0) is 33.6. The molecule has 0 saturated carbocycles. The molecule has 3 aromatic carbocycles. The summed E-state index contributed by atoms with van der Waals surface area (Å²) in [5.74, 6) is 1.40. The third-order valence-corrected chi connectivity index (χ3v) is 9.28. The van der Waals surface area contributed by atoms with Gasteiger partial charge in [-0.1, -0.05) is 48.5 Å². The van der Waals surface area contributed by atoms with Gasteiger partial charge in [-0.3, -0.25) is 19.0 Å². The second-order valence-corrected chi connectivity index (χ2v) is 12.6. The van der Waals surface area contributed by atoms with Crippen molar-refractivity contribution in [1.29, 1.82) is 0 Å². The summed E-state index contributed by atoms with van der Waals surface area (Å²) < 4.78 is 46.7. The third kappa shape index (κ3) is 8.34. The van der Waals surface area contributed by atoms with Crippen LogP contribution in [-0.2, 0) is 22.2 Å². The molecule has 8 nitrogen and oxygen atoms in total. The fourth-order valence-electron chi connectivity index (χ4n) is 5.71. The van der Waals surface area contributed by atoms with Gasteiger partial charge in [0.1, 0.15) is 5.75 Å². The molecule has 248 valence electrons. The second kappa shape index (κ2) is 15.1. The minimum absolute atomic E-state index is 0.0339. The van der Waals surface area contributed by atoms with Crippen molar-refractivity contribution in [2.24, 2.45) is 0 Å². The first kappa shape index (κ1) is 34.0. The SMILES string of the molecule is COc1ccc(CC(=O)N2CCN(C(=O)CCCCCSc3nc4ccccc4c(=O)n3-c3cccc(C(F)(F)F)c3)CC2C)cc1. The molecule has 1 fully saturated rings. The highest BCUT2D eigenvalue weighted by Crippen LogP contribution is 2.31. The number of benzene rings is 3. The average Bonchev–Trinajstić information content (AvgIpc) is 3.06. The molecule has 12 heteroatoms. The number of ether oxygens (including phenoxy) is 1. The summed E-state index contributed by atoms with van der Waals surface area (Å²) in [6.07, 6.45) is -1.69. The number of carbonyl (C=O) groups excluding carboxylic acids is 2. The first-order valence-electron chi connectivity index (χ1n) is 15.6. The number of rotatable bonds is 11. The molecule has 5 rings (SSSR count). The van der Waals surface area contributed by atoms with E-state index in [2.05, 4.69) is 4.98 Å². The molecule has 47 heavy (non-hydrogen) atoms. The Labute approximate surface area is 275 Å². The van der Waals surface area contributed by atoms with Gasteiger partial charge in [0, 0.05) is 37.8 Å². The van der Waals surface area contributed by atoms with Crippen LogP contribution in [0.1, 0.15) is 43.7 Å². The number of hydrogen-bond donors (Lipinski definition) is 0. The number of para-hydroxylation sites is 1. The van der Waals surface area contributed by atoms with E-state index in [1.54, 1.807) is 31.4 Å². The van der Waals surface area contributed by atoms with E-state index < -0.39 is 17.3 Å². The van der Waals surface area contributed by atoms with Gasteiger partial charge in [-0.25, -0.2) is 4.98 Å². The fraction of sp³-hybridized carbons (Fsp3) is 0.371. The molecule has 0 spiro atoms. The van der Waals surface area contributed by atoms with Crippen molar-refractivity contribution in [3.05, 3.63) is 94.3 Å². The lowest BCUT2D eigenvalue weighted by Gasteiger charge is -2.40. The molecular weight excluding hydrogens is 629 g/mol. The van der Waals surface area contributed by atoms with E-state index >= 15 is 0 Å². The number of unbranched alkanes of at least 4 members (excludes halogenated alkanes) is 2. The van der Waals surface area contributed by atoms with Gasteiger partial charge >= 0.3 is 6.18 Å². The van der Waals surface area contributed by atoms with E-state index in [-0.39, 0.29) is 23.5 Å². The maximum atomic E-state index is 13.4. The highest BCUT2D eigenvalue weighted by atomic mass is 32.2. The Hall–Kier alpha value is -4.32. The van der Waals surface area contributed by atoms with Gasteiger partial charge in [0.25, 0.3) is 5.56 Å². The number of hydrogen-bond acceptors (Lipinski definition) is 6. The first-order valence-corrected chi connectivity index (χ1v) is 16.6. The number of carbonyl (C=O) groups is 2. The summed E-state index contributed by atoms with van der Waals surface area (Å²) >= 11 is 1.31. The topological polar surface area (TPSA) is 84.7 Å². The van der Waals surface area contributed by atoms with Crippen LogP contribution < -0.4 is 10.3 Å². The molecule has 1 unspecified atom stereocenters. The number of aromatic nitrogens is 2. The van der Waals surface area contributed by atoms with Crippen molar-refractivity contribution in [3.63, 3.8) is 0 Å². The number of halogens is 3. The number of alkyl halides is 3. The molecule has 1 atom stereocenters. The normalized spacial score (nSPS) is 15.2. The Morgan fingerprint density at radius 2 is 1.72 bits per heavy atom. The van der Waals surface area contributed by atoms with Gasteiger partial charge in [-0.05, 0) is 67.8 Å². The Kier molecular flexibility index (Phi) is 10.9. The van der Waals surface area contributed by atoms with E-state index in [0.717, 1.165) is 36.3 Å². The molecule has 0 aliphatic carbocycles. The summed E-state index contributed by atoms with van der Waals surface area (Å²) in [5, 5.41) is 0.641. The van der Waals surface area contributed by atoms with E-state index in [4.69, 9.17) is 4.74 Å². The third-order valence-electron chi connectivity index (χ3n) is 8.26. The summed E-state index contributed by atoms with van der Waals surface area (Å²) in [6, 6.07) is 18.8. The van der Waals surface area contributed by atoms with Crippen LogP contribution in [0.25, 0.3) is 16.6 Å². The predicted molar refractivity (Wildman–Crippen MR) is 176 cm³/mol. The highest BCUT2D eigenvalue weighted by Gasteiger charge is 2.31. The summed E-state index contributed by atoms with van der Waals surface area (Å²) in [4.78, 5) is 47.6. The quantitative estimate of drug-likeness (QED) is 0.105. The lowest BCUT2D eigenvalue weighted by Crippen LogP contribution is -2.55. The maximum Gasteiger partial charge on any atom is 0.416 e. The van der Waals surface area contributed by atoms with Crippen LogP contribution in [0.2, 0.25) is 0 Å². The molecule has 1 aromatic heterocycles. The summed E-state index contributed by atoms with van der Waals surface area (Å²) in [6.45, 7) is 3.44. The second-order valence-electron chi connectivity index (χ2n) is 11.6. The van der Waals surface area contributed by atoms with Crippen LogP contribution in [-0.4, -0.2) is 69.7 Å².